The molecule has 0 atom stereocenters. The molecule has 114 valence electrons. The SMILES string of the molecule is COc1ccc(C(=O)COC(=O)c2ccccc2Br)cc1F. The minimum Gasteiger partial charge on any atom is -0.494 e. The van der Waals surface area contributed by atoms with Gasteiger partial charge in [-0.05, 0) is 46.3 Å². The second kappa shape index (κ2) is 7.17. The number of ketones is 1. The Morgan fingerprint density at radius 2 is 1.91 bits per heavy atom. The molecule has 2 aromatic rings. The van der Waals surface area contributed by atoms with Crippen molar-refractivity contribution in [1.82, 2.24) is 0 Å². The Bertz CT molecular complexity index is 715. The number of methoxy groups -OCH3 is 1. The summed E-state index contributed by atoms with van der Waals surface area (Å²) in [5, 5.41) is 0. The lowest BCUT2D eigenvalue weighted by Crippen LogP contribution is -2.14. The van der Waals surface area contributed by atoms with E-state index in [0.29, 0.717) is 10.0 Å². The first-order valence-electron chi connectivity index (χ1n) is 6.31. The van der Waals surface area contributed by atoms with Crippen molar-refractivity contribution in [2.45, 2.75) is 0 Å². The number of halogens is 2. The number of hydrogen-bond acceptors (Lipinski definition) is 4. The zero-order chi connectivity index (χ0) is 16.1. The van der Waals surface area contributed by atoms with Gasteiger partial charge in [-0.25, -0.2) is 9.18 Å². The quantitative estimate of drug-likeness (QED) is 0.598. The van der Waals surface area contributed by atoms with Gasteiger partial charge < -0.3 is 9.47 Å². The van der Waals surface area contributed by atoms with Crippen LogP contribution in [0.1, 0.15) is 20.7 Å². The van der Waals surface area contributed by atoms with E-state index in [1.807, 2.05) is 0 Å². The number of benzene rings is 2. The van der Waals surface area contributed by atoms with Crippen LogP contribution in [0.5, 0.6) is 5.75 Å². The Kier molecular flexibility index (Phi) is 5.27. The van der Waals surface area contributed by atoms with Crippen LogP contribution in [0.3, 0.4) is 0 Å². The molecule has 0 saturated carbocycles. The van der Waals surface area contributed by atoms with Crippen molar-refractivity contribution >= 4 is 27.7 Å². The van der Waals surface area contributed by atoms with Crippen molar-refractivity contribution in [3.05, 3.63) is 63.9 Å². The summed E-state index contributed by atoms with van der Waals surface area (Å²) in [6, 6.07) is 10.5. The first kappa shape index (κ1) is 16.2. The van der Waals surface area contributed by atoms with Crippen molar-refractivity contribution in [2.75, 3.05) is 13.7 Å². The average molecular weight is 367 g/mol. The number of ether oxygens (including phenoxy) is 2. The summed E-state index contributed by atoms with van der Waals surface area (Å²) in [4.78, 5) is 23.8. The Hall–Kier alpha value is -2.21. The summed E-state index contributed by atoms with van der Waals surface area (Å²) in [6.45, 7) is -0.466. The summed E-state index contributed by atoms with van der Waals surface area (Å²) >= 11 is 3.22. The maximum absolute atomic E-state index is 13.5. The third kappa shape index (κ3) is 3.71. The first-order chi connectivity index (χ1) is 10.5. The van der Waals surface area contributed by atoms with Crippen LogP contribution in [-0.2, 0) is 4.74 Å². The van der Waals surface area contributed by atoms with Gasteiger partial charge in [0, 0.05) is 10.0 Å². The van der Waals surface area contributed by atoms with Crippen LogP contribution in [0.25, 0.3) is 0 Å². The number of carbonyl (C=O) groups excluding carboxylic acids is 2. The van der Waals surface area contributed by atoms with Gasteiger partial charge in [-0.2, -0.15) is 0 Å². The minimum atomic E-state index is -0.648. The van der Waals surface area contributed by atoms with Gasteiger partial charge in [0.15, 0.2) is 24.0 Å². The van der Waals surface area contributed by atoms with Crippen molar-refractivity contribution in [3.63, 3.8) is 0 Å². The van der Waals surface area contributed by atoms with E-state index in [2.05, 4.69) is 15.9 Å². The summed E-state index contributed by atoms with van der Waals surface area (Å²) in [7, 11) is 1.33. The average Bonchev–Trinajstić information content (AvgIpc) is 2.52. The summed E-state index contributed by atoms with van der Waals surface area (Å²) < 4.78 is 23.8. The van der Waals surface area contributed by atoms with Gasteiger partial charge in [0.2, 0.25) is 0 Å². The summed E-state index contributed by atoms with van der Waals surface area (Å²) in [5.74, 6) is -1.73. The highest BCUT2D eigenvalue weighted by molar-refractivity contribution is 9.10. The maximum Gasteiger partial charge on any atom is 0.339 e. The predicted molar refractivity (Wildman–Crippen MR) is 81.7 cm³/mol. The molecule has 22 heavy (non-hydrogen) atoms. The van der Waals surface area contributed by atoms with Crippen LogP contribution < -0.4 is 4.74 Å². The minimum absolute atomic E-state index is 0.0433. The fourth-order valence-electron chi connectivity index (χ4n) is 1.76. The second-order valence-corrected chi connectivity index (χ2v) is 5.18. The van der Waals surface area contributed by atoms with Gasteiger partial charge in [-0.3, -0.25) is 4.79 Å². The highest BCUT2D eigenvalue weighted by Gasteiger charge is 2.15. The Labute approximate surface area is 135 Å². The smallest absolute Gasteiger partial charge is 0.339 e. The zero-order valence-corrected chi connectivity index (χ0v) is 13.2. The molecule has 0 spiro atoms. The number of hydrogen-bond donors (Lipinski definition) is 0. The van der Waals surface area contributed by atoms with Crippen LogP contribution in [0.15, 0.2) is 46.9 Å². The third-order valence-corrected chi connectivity index (χ3v) is 3.59. The van der Waals surface area contributed by atoms with E-state index in [4.69, 9.17) is 9.47 Å². The molecule has 0 radical (unpaired) electrons. The molecule has 0 fully saturated rings. The van der Waals surface area contributed by atoms with E-state index < -0.39 is 24.2 Å². The van der Waals surface area contributed by atoms with E-state index >= 15 is 0 Å². The molecule has 4 nitrogen and oxygen atoms in total. The van der Waals surface area contributed by atoms with Gasteiger partial charge in [-0.1, -0.05) is 12.1 Å². The summed E-state index contributed by atoms with van der Waals surface area (Å²) in [5.41, 5.74) is 0.425. The predicted octanol–water partition coefficient (Wildman–Crippen LogP) is 3.64. The molecule has 2 aromatic carbocycles. The van der Waals surface area contributed by atoms with Crippen LogP contribution >= 0.6 is 15.9 Å². The van der Waals surface area contributed by atoms with Crippen molar-refractivity contribution in [2.24, 2.45) is 0 Å². The van der Waals surface area contributed by atoms with Gasteiger partial charge in [-0.15, -0.1) is 0 Å². The highest BCUT2D eigenvalue weighted by atomic mass is 79.9. The molecular formula is C16H12BrFO4. The molecule has 0 heterocycles. The second-order valence-electron chi connectivity index (χ2n) is 4.33. The number of carbonyl (C=O) groups is 2. The lowest BCUT2D eigenvalue weighted by molar-refractivity contribution is 0.0473. The Morgan fingerprint density at radius 1 is 1.18 bits per heavy atom. The zero-order valence-electron chi connectivity index (χ0n) is 11.6. The number of esters is 1. The molecule has 0 aliphatic rings. The largest absolute Gasteiger partial charge is 0.494 e. The first-order valence-corrected chi connectivity index (χ1v) is 7.10. The van der Waals surface area contributed by atoms with Crippen LogP contribution in [-0.4, -0.2) is 25.5 Å². The Morgan fingerprint density at radius 3 is 2.55 bits per heavy atom. The standard InChI is InChI=1S/C16H12BrFO4/c1-21-15-7-6-10(8-13(15)18)14(19)9-22-16(20)11-4-2-3-5-12(11)17/h2-8H,9H2,1H3. The highest BCUT2D eigenvalue weighted by Crippen LogP contribution is 2.19. The fraction of sp³-hybridized carbons (Fsp3) is 0.125. The third-order valence-electron chi connectivity index (χ3n) is 2.90. The van der Waals surface area contributed by atoms with Crippen LogP contribution in [0.4, 0.5) is 4.39 Å². The molecule has 0 aromatic heterocycles. The van der Waals surface area contributed by atoms with Crippen molar-refractivity contribution in [1.29, 1.82) is 0 Å². The lowest BCUT2D eigenvalue weighted by atomic mass is 10.1. The molecular weight excluding hydrogens is 355 g/mol. The van der Waals surface area contributed by atoms with Crippen LogP contribution in [0.2, 0.25) is 0 Å². The molecule has 0 aliphatic heterocycles. The molecule has 0 saturated heterocycles. The number of Topliss-reactive ketones (excluding diaryl/α,β-unsaturated/α-hetero) is 1. The normalized spacial score (nSPS) is 10.1. The van der Waals surface area contributed by atoms with E-state index in [1.54, 1.807) is 24.3 Å². The molecule has 6 heteroatoms. The Balaban J connectivity index is 2.02. The van der Waals surface area contributed by atoms with Gasteiger partial charge in [0.05, 0.1) is 12.7 Å². The number of rotatable bonds is 5. The monoisotopic (exact) mass is 366 g/mol. The molecule has 0 amide bonds. The van der Waals surface area contributed by atoms with Crippen molar-refractivity contribution in [3.8, 4) is 5.75 Å². The van der Waals surface area contributed by atoms with E-state index in [9.17, 15) is 14.0 Å². The van der Waals surface area contributed by atoms with Crippen LogP contribution in [0, 0.1) is 5.82 Å². The van der Waals surface area contributed by atoms with E-state index in [-0.39, 0.29) is 11.3 Å². The topological polar surface area (TPSA) is 52.6 Å². The van der Waals surface area contributed by atoms with Crippen molar-refractivity contribution < 1.29 is 23.5 Å². The van der Waals surface area contributed by atoms with Gasteiger partial charge in [0.25, 0.3) is 0 Å². The van der Waals surface area contributed by atoms with Gasteiger partial charge >= 0.3 is 5.97 Å². The lowest BCUT2D eigenvalue weighted by Gasteiger charge is -2.07. The van der Waals surface area contributed by atoms with Gasteiger partial charge in [0.1, 0.15) is 0 Å². The fourth-order valence-corrected chi connectivity index (χ4v) is 2.21. The molecule has 0 aliphatic carbocycles. The molecule has 0 unspecified atom stereocenters. The van der Waals surface area contributed by atoms with E-state index in [0.717, 1.165) is 6.07 Å². The molecule has 2 rings (SSSR count). The molecule has 0 N–H and O–H groups in total. The maximum atomic E-state index is 13.5. The van der Waals surface area contributed by atoms with E-state index in [1.165, 1.54) is 19.2 Å². The summed E-state index contributed by atoms with van der Waals surface area (Å²) in [6.07, 6.45) is 0. The molecule has 0 bridgehead atoms.